The molecule has 1 unspecified atom stereocenters. The Hall–Kier alpha value is -2.47. The Morgan fingerprint density at radius 2 is 1.92 bits per heavy atom. The topological polar surface area (TPSA) is 57.6 Å². The minimum atomic E-state index is -1.05. The van der Waals surface area contributed by atoms with Crippen molar-refractivity contribution in [2.24, 2.45) is 0 Å². The van der Waals surface area contributed by atoms with Crippen LogP contribution in [0.4, 0.5) is 15.8 Å². The molecule has 2 aromatic carbocycles. The molecule has 1 aliphatic carbocycles. The molecule has 0 saturated carbocycles. The van der Waals surface area contributed by atoms with Gasteiger partial charge in [0.15, 0.2) is 0 Å². The minimum absolute atomic E-state index is 0.109. The summed E-state index contributed by atoms with van der Waals surface area (Å²) >= 11 is 0. The molecule has 0 aromatic heterocycles. The lowest BCUT2D eigenvalue weighted by atomic mass is 10.0. The van der Waals surface area contributed by atoms with Gasteiger partial charge in [0.05, 0.1) is 6.42 Å². The van der Waals surface area contributed by atoms with Crippen molar-refractivity contribution < 1.29 is 18.5 Å². The molecule has 0 aliphatic heterocycles. The van der Waals surface area contributed by atoms with E-state index in [2.05, 4.69) is 0 Å². The Balaban J connectivity index is 2.02. The van der Waals surface area contributed by atoms with Crippen molar-refractivity contribution >= 4 is 33.7 Å². The summed E-state index contributed by atoms with van der Waals surface area (Å²) in [6.07, 6.45) is 2.12. The predicted octanol–water partition coefficient (Wildman–Crippen LogP) is 4.14. The Morgan fingerprint density at radius 3 is 2.50 bits per heavy atom. The van der Waals surface area contributed by atoms with Gasteiger partial charge < -0.3 is 10.0 Å². The zero-order valence-corrected chi connectivity index (χ0v) is 15.7. The number of carboxylic acids is 1. The minimum Gasteiger partial charge on any atom is -0.481 e. The van der Waals surface area contributed by atoms with Crippen molar-refractivity contribution in [3.8, 4) is 0 Å². The van der Waals surface area contributed by atoms with Crippen LogP contribution < -0.4 is 4.90 Å². The molecule has 3 rings (SSSR count). The fraction of sp³-hybridized carbons (Fsp3) is 0.250. The van der Waals surface area contributed by atoms with Crippen LogP contribution in [0.2, 0.25) is 0 Å². The van der Waals surface area contributed by atoms with E-state index < -0.39 is 22.6 Å². The molecule has 0 fully saturated rings. The van der Waals surface area contributed by atoms with Gasteiger partial charge in [-0.25, -0.2) is 4.39 Å². The van der Waals surface area contributed by atoms with Crippen molar-refractivity contribution in [2.45, 2.75) is 24.7 Å². The van der Waals surface area contributed by atoms with E-state index in [4.69, 9.17) is 5.11 Å². The van der Waals surface area contributed by atoms with E-state index in [1.54, 1.807) is 18.4 Å². The molecule has 1 N–H and O–H groups in total. The summed E-state index contributed by atoms with van der Waals surface area (Å²) in [4.78, 5) is 13.8. The molecule has 1 aliphatic rings. The van der Waals surface area contributed by atoms with Crippen LogP contribution in [0.5, 0.6) is 0 Å². The number of nitrogens with zero attached hydrogens (tertiary/aromatic N) is 1. The Morgan fingerprint density at radius 1 is 1.27 bits per heavy atom. The van der Waals surface area contributed by atoms with E-state index in [0.29, 0.717) is 23.2 Å². The standard InChI is InChI=1S/C20H20FNO3S/c1-12-8-18-17(16(12)11-20(23)24)9-13(21)10-19(18)22(2)14-4-6-15(7-5-14)26(3)25/h4-7,9-10H,8,11H2,1-3H3,(H,23,24). The second-order valence-corrected chi connectivity index (χ2v) is 7.84. The first-order chi connectivity index (χ1) is 12.3. The van der Waals surface area contributed by atoms with Gasteiger partial charge in [-0.2, -0.15) is 0 Å². The number of carbonyl (C=O) groups is 1. The first kappa shape index (κ1) is 18.3. The van der Waals surface area contributed by atoms with Crippen LogP contribution in [0.1, 0.15) is 24.5 Å². The third-order valence-corrected chi connectivity index (χ3v) is 5.65. The molecular formula is C20H20FNO3S. The molecule has 6 heteroatoms. The molecule has 4 nitrogen and oxygen atoms in total. The van der Waals surface area contributed by atoms with Crippen molar-refractivity contribution in [3.05, 3.63) is 58.9 Å². The molecule has 0 saturated heterocycles. The molecule has 136 valence electrons. The molecule has 0 heterocycles. The van der Waals surface area contributed by atoms with Gasteiger partial charge in [0.1, 0.15) is 5.82 Å². The SMILES string of the molecule is CC1=C(CC(=O)O)c2cc(F)cc(N(C)c3ccc(S(C)=O)cc3)c2C1. The lowest BCUT2D eigenvalue weighted by Gasteiger charge is -2.23. The maximum absolute atomic E-state index is 14.3. The largest absolute Gasteiger partial charge is 0.481 e. The van der Waals surface area contributed by atoms with Crippen LogP contribution in [-0.2, 0) is 22.0 Å². The summed E-state index contributed by atoms with van der Waals surface area (Å²) in [5.41, 5.74) is 4.82. The van der Waals surface area contributed by atoms with Gasteiger partial charge in [-0.15, -0.1) is 0 Å². The predicted molar refractivity (Wildman–Crippen MR) is 102 cm³/mol. The molecular weight excluding hydrogens is 353 g/mol. The summed E-state index contributed by atoms with van der Waals surface area (Å²) in [5.74, 6) is -1.32. The maximum atomic E-state index is 14.3. The number of allylic oxidation sites excluding steroid dienone is 1. The number of aliphatic carboxylic acids is 1. The highest BCUT2D eigenvalue weighted by Crippen LogP contribution is 2.42. The maximum Gasteiger partial charge on any atom is 0.307 e. The smallest absolute Gasteiger partial charge is 0.307 e. The van der Waals surface area contributed by atoms with E-state index in [9.17, 15) is 13.4 Å². The fourth-order valence-corrected chi connectivity index (χ4v) is 3.90. The third-order valence-electron chi connectivity index (χ3n) is 4.72. The second kappa shape index (κ2) is 7.03. The van der Waals surface area contributed by atoms with Crippen molar-refractivity contribution in [1.29, 1.82) is 0 Å². The Bertz CT molecular complexity index is 935. The highest BCUT2D eigenvalue weighted by Gasteiger charge is 2.26. The van der Waals surface area contributed by atoms with Crippen LogP contribution in [-0.4, -0.2) is 28.6 Å². The lowest BCUT2D eigenvalue weighted by molar-refractivity contribution is -0.135. The molecule has 0 spiro atoms. The number of carboxylic acid groups (broad SMARTS) is 1. The first-order valence-electron chi connectivity index (χ1n) is 8.18. The van der Waals surface area contributed by atoms with Gasteiger partial charge in [-0.3, -0.25) is 9.00 Å². The zero-order chi connectivity index (χ0) is 19.0. The van der Waals surface area contributed by atoms with Crippen LogP contribution in [0, 0.1) is 5.82 Å². The number of halogens is 1. The number of hydrogen-bond donors (Lipinski definition) is 1. The normalized spacial score (nSPS) is 14.3. The number of fused-ring (bicyclic) bond motifs is 1. The molecule has 1 atom stereocenters. The van der Waals surface area contributed by atoms with Crippen LogP contribution in [0.25, 0.3) is 5.57 Å². The number of hydrogen-bond acceptors (Lipinski definition) is 3. The van der Waals surface area contributed by atoms with Crippen LogP contribution >= 0.6 is 0 Å². The summed E-state index contributed by atoms with van der Waals surface area (Å²) in [5, 5.41) is 9.15. The van der Waals surface area contributed by atoms with Gasteiger partial charge in [0.25, 0.3) is 0 Å². The highest BCUT2D eigenvalue weighted by molar-refractivity contribution is 7.84. The Labute approximate surface area is 154 Å². The van der Waals surface area contributed by atoms with Crippen LogP contribution in [0.3, 0.4) is 0 Å². The van der Waals surface area contributed by atoms with Gasteiger partial charge in [0.2, 0.25) is 0 Å². The van der Waals surface area contributed by atoms with Gasteiger partial charge >= 0.3 is 5.97 Å². The fourth-order valence-electron chi connectivity index (χ4n) is 3.38. The second-order valence-electron chi connectivity index (χ2n) is 6.46. The highest BCUT2D eigenvalue weighted by atomic mass is 32.2. The molecule has 0 radical (unpaired) electrons. The lowest BCUT2D eigenvalue weighted by Crippen LogP contribution is -2.12. The molecule has 0 amide bonds. The number of rotatable bonds is 5. The van der Waals surface area contributed by atoms with E-state index in [-0.39, 0.29) is 6.42 Å². The third kappa shape index (κ3) is 3.42. The average molecular weight is 373 g/mol. The Kier molecular flexibility index (Phi) is 4.96. The van der Waals surface area contributed by atoms with Crippen molar-refractivity contribution in [3.63, 3.8) is 0 Å². The van der Waals surface area contributed by atoms with E-state index in [0.717, 1.165) is 21.7 Å². The molecule has 0 bridgehead atoms. The summed E-state index contributed by atoms with van der Waals surface area (Å²) in [6.45, 7) is 1.89. The molecule has 2 aromatic rings. The van der Waals surface area contributed by atoms with Gasteiger partial charge in [-0.1, -0.05) is 5.57 Å². The van der Waals surface area contributed by atoms with Gasteiger partial charge in [0, 0.05) is 40.4 Å². The monoisotopic (exact) mass is 373 g/mol. The first-order valence-corrected chi connectivity index (χ1v) is 9.74. The average Bonchev–Trinajstić information content (AvgIpc) is 2.89. The number of benzene rings is 2. The van der Waals surface area contributed by atoms with Gasteiger partial charge in [-0.05, 0) is 66.4 Å². The van der Waals surface area contributed by atoms with E-state index >= 15 is 0 Å². The van der Waals surface area contributed by atoms with Crippen molar-refractivity contribution in [2.75, 3.05) is 18.2 Å². The summed E-state index contributed by atoms with van der Waals surface area (Å²) < 4.78 is 25.8. The molecule has 26 heavy (non-hydrogen) atoms. The van der Waals surface area contributed by atoms with Crippen LogP contribution in [0.15, 0.2) is 46.9 Å². The van der Waals surface area contributed by atoms with E-state index in [1.165, 1.54) is 12.1 Å². The number of anilines is 2. The summed E-state index contributed by atoms with van der Waals surface area (Å²) in [7, 11) is 0.790. The van der Waals surface area contributed by atoms with Crippen molar-refractivity contribution in [1.82, 2.24) is 0 Å². The quantitative estimate of drug-likeness (QED) is 0.856. The zero-order valence-electron chi connectivity index (χ0n) is 14.9. The summed E-state index contributed by atoms with van der Waals surface area (Å²) in [6, 6.07) is 10.2. The van der Waals surface area contributed by atoms with E-state index in [1.807, 2.05) is 31.0 Å².